The summed E-state index contributed by atoms with van der Waals surface area (Å²) < 4.78 is 15.8. The molecule has 0 amide bonds. The van der Waals surface area contributed by atoms with Crippen LogP contribution < -0.4 is 16.2 Å². The molecular weight excluding hydrogens is 349 g/mol. The van der Waals surface area contributed by atoms with Crippen molar-refractivity contribution >= 4 is 29.6 Å². The number of carboxylic acids is 1. The number of carboxylic acid groups (broad SMARTS) is 1. The third kappa shape index (κ3) is 3.09. The minimum Gasteiger partial charge on any atom is -0.477 e. The smallest absolute Gasteiger partial charge is 0.341 e. The lowest BCUT2D eigenvalue weighted by molar-refractivity contribution is 0.0694. The average molecular weight is 370 g/mol. The Hall–Kier alpha value is -2.12. The van der Waals surface area contributed by atoms with Gasteiger partial charge in [-0.15, -0.1) is 12.4 Å². The second-order valence-electron chi connectivity index (χ2n) is 6.21. The fourth-order valence-corrected chi connectivity index (χ4v) is 3.50. The van der Waals surface area contributed by atoms with Crippen LogP contribution >= 0.6 is 12.4 Å². The fourth-order valence-electron chi connectivity index (χ4n) is 3.50. The summed E-state index contributed by atoms with van der Waals surface area (Å²) in [7, 11) is 0. The number of aromatic nitrogens is 1. The Morgan fingerprint density at radius 3 is 2.68 bits per heavy atom. The molecule has 3 rings (SSSR count). The minimum absolute atomic E-state index is 0. The number of nitrogens with zero attached hydrogens (tertiary/aromatic N) is 2. The van der Waals surface area contributed by atoms with Crippen LogP contribution in [0.3, 0.4) is 0 Å². The van der Waals surface area contributed by atoms with E-state index in [0.717, 1.165) is 17.0 Å². The van der Waals surface area contributed by atoms with Crippen molar-refractivity contribution in [2.45, 2.75) is 32.7 Å². The number of halogens is 2. The molecule has 8 heteroatoms. The van der Waals surface area contributed by atoms with Crippen LogP contribution in [0.5, 0.6) is 0 Å². The molecule has 0 spiro atoms. The zero-order chi connectivity index (χ0) is 17.6. The van der Waals surface area contributed by atoms with Crippen molar-refractivity contribution in [1.29, 1.82) is 0 Å². The number of aryl methyl sites for hydroxylation is 2. The molecule has 25 heavy (non-hydrogen) atoms. The van der Waals surface area contributed by atoms with Crippen molar-refractivity contribution in [3.05, 3.63) is 45.1 Å². The first-order chi connectivity index (χ1) is 11.3. The van der Waals surface area contributed by atoms with Gasteiger partial charge in [-0.3, -0.25) is 9.20 Å². The van der Waals surface area contributed by atoms with Crippen molar-refractivity contribution in [2.24, 2.45) is 5.73 Å². The maximum absolute atomic E-state index is 14.7. The van der Waals surface area contributed by atoms with Crippen molar-refractivity contribution in [3.63, 3.8) is 0 Å². The van der Waals surface area contributed by atoms with E-state index < -0.39 is 17.3 Å². The monoisotopic (exact) mass is 369 g/mol. The Kier molecular flexibility index (Phi) is 5.39. The summed E-state index contributed by atoms with van der Waals surface area (Å²) in [5.74, 6) is -1.85. The first kappa shape index (κ1) is 19.2. The second kappa shape index (κ2) is 7.01. The van der Waals surface area contributed by atoms with E-state index in [0.29, 0.717) is 41.8 Å². The van der Waals surface area contributed by atoms with Crippen LogP contribution in [0.1, 0.15) is 34.8 Å². The van der Waals surface area contributed by atoms with Crippen molar-refractivity contribution in [1.82, 2.24) is 4.40 Å². The number of fused-ring (bicyclic) bond motifs is 1. The van der Waals surface area contributed by atoms with Gasteiger partial charge in [0.2, 0.25) is 0 Å². The van der Waals surface area contributed by atoms with Gasteiger partial charge in [0.15, 0.2) is 5.82 Å². The summed E-state index contributed by atoms with van der Waals surface area (Å²) in [4.78, 5) is 25.6. The molecule has 1 fully saturated rings. The van der Waals surface area contributed by atoms with Crippen molar-refractivity contribution in [3.8, 4) is 0 Å². The third-order valence-corrected chi connectivity index (χ3v) is 4.64. The predicted octanol–water partition coefficient (Wildman–Crippen LogP) is 1.97. The SMILES string of the molecule is CCc1cc(C(=O)O)c(=O)n2cc(F)c(N3CCC(N)C3)c(C)c12.Cl. The summed E-state index contributed by atoms with van der Waals surface area (Å²) in [5.41, 5.74) is 7.21. The average Bonchev–Trinajstić information content (AvgIpc) is 2.94. The van der Waals surface area contributed by atoms with Gasteiger partial charge in [0.1, 0.15) is 5.56 Å². The lowest BCUT2D eigenvalue weighted by atomic mass is 10.0. The standard InChI is InChI=1S/C17H20FN3O3.ClH/c1-3-10-6-12(17(23)24)16(22)21-8-13(18)15(9(2)14(10)21)20-5-4-11(19)7-20;/h6,8,11H,3-5,7,19H2,1-2H3,(H,23,24);1H. The molecule has 1 aliphatic heterocycles. The van der Waals surface area contributed by atoms with Crippen LogP contribution in [-0.4, -0.2) is 34.6 Å². The molecule has 3 heterocycles. The molecule has 0 radical (unpaired) electrons. The molecule has 1 saturated heterocycles. The van der Waals surface area contributed by atoms with Crippen LogP contribution in [0.15, 0.2) is 17.1 Å². The number of anilines is 1. The van der Waals surface area contributed by atoms with Crippen LogP contribution in [-0.2, 0) is 6.42 Å². The molecule has 1 aliphatic rings. The van der Waals surface area contributed by atoms with E-state index in [2.05, 4.69) is 0 Å². The molecule has 0 bridgehead atoms. The number of rotatable bonds is 3. The molecule has 0 saturated carbocycles. The molecule has 1 unspecified atom stereocenters. The van der Waals surface area contributed by atoms with E-state index in [-0.39, 0.29) is 24.0 Å². The van der Waals surface area contributed by atoms with Crippen molar-refractivity contribution < 1.29 is 14.3 Å². The summed E-state index contributed by atoms with van der Waals surface area (Å²) in [5, 5.41) is 9.21. The number of hydrogen-bond acceptors (Lipinski definition) is 4. The molecule has 2 aromatic heterocycles. The van der Waals surface area contributed by atoms with Gasteiger partial charge in [-0.2, -0.15) is 0 Å². The fraction of sp³-hybridized carbons (Fsp3) is 0.412. The Morgan fingerprint density at radius 2 is 2.16 bits per heavy atom. The molecular formula is C17H21ClFN3O3. The summed E-state index contributed by atoms with van der Waals surface area (Å²) in [6.45, 7) is 4.86. The van der Waals surface area contributed by atoms with E-state index in [4.69, 9.17) is 5.73 Å². The highest BCUT2D eigenvalue weighted by molar-refractivity contribution is 5.89. The molecule has 6 nitrogen and oxygen atoms in total. The van der Waals surface area contributed by atoms with Crippen LogP contribution in [0.4, 0.5) is 10.1 Å². The minimum atomic E-state index is -1.31. The lowest BCUT2D eigenvalue weighted by Gasteiger charge is -2.23. The van der Waals surface area contributed by atoms with Gasteiger partial charge in [0.05, 0.1) is 17.4 Å². The largest absolute Gasteiger partial charge is 0.477 e. The van der Waals surface area contributed by atoms with Gasteiger partial charge in [-0.05, 0) is 37.0 Å². The molecule has 0 aromatic carbocycles. The maximum Gasteiger partial charge on any atom is 0.341 e. The van der Waals surface area contributed by atoms with Crippen LogP contribution in [0.25, 0.3) is 5.52 Å². The highest BCUT2D eigenvalue weighted by atomic mass is 35.5. The van der Waals surface area contributed by atoms with Gasteiger partial charge in [0.25, 0.3) is 5.56 Å². The molecule has 136 valence electrons. The summed E-state index contributed by atoms with van der Waals surface area (Å²) in [6, 6.07) is 1.40. The highest BCUT2D eigenvalue weighted by Crippen LogP contribution is 2.31. The van der Waals surface area contributed by atoms with Gasteiger partial charge < -0.3 is 15.7 Å². The first-order valence-corrected chi connectivity index (χ1v) is 7.96. The van der Waals surface area contributed by atoms with E-state index in [1.54, 1.807) is 6.92 Å². The second-order valence-corrected chi connectivity index (χ2v) is 6.21. The van der Waals surface area contributed by atoms with E-state index >= 15 is 0 Å². The van der Waals surface area contributed by atoms with Crippen LogP contribution in [0.2, 0.25) is 0 Å². The summed E-state index contributed by atoms with van der Waals surface area (Å²) in [6.07, 6.45) is 2.42. The number of hydrogen-bond donors (Lipinski definition) is 2. The number of nitrogens with two attached hydrogens (primary N) is 1. The lowest BCUT2D eigenvalue weighted by Crippen LogP contribution is -2.29. The molecule has 2 aromatic rings. The Balaban J connectivity index is 0.00000225. The quantitative estimate of drug-likeness (QED) is 0.863. The van der Waals surface area contributed by atoms with Crippen LogP contribution in [0, 0.1) is 12.7 Å². The highest BCUT2D eigenvalue weighted by Gasteiger charge is 2.26. The number of aromatic carboxylic acids is 1. The Bertz CT molecular complexity index is 897. The van der Waals surface area contributed by atoms with E-state index in [1.807, 2.05) is 11.8 Å². The Morgan fingerprint density at radius 1 is 1.48 bits per heavy atom. The van der Waals surface area contributed by atoms with E-state index in [9.17, 15) is 19.1 Å². The first-order valence-electron chi connectivity index (χ1n) is 7.96. The number of carbonyl (C=O) groups is 1. The maximum atomic E-state index is 14.7. The van der Waals surface area contributed by atoms with Crippen molar-refractivity contribution in [2.75, 3.05) is 18.0 Å². The zero-order valence-electron chi connectivity index (χ0n) is 14.1. The normalized spacial score (nSPS) is 17.0. The number of pyridine rings is 2. The van der Waals surface area contributed by atoms with E-state index in [1.165, 1.54) is 6.07 Å². The third-order valence-electron chi connectivity index (χ3n) is 4.64. The van der Waals surface area contributed by atoms with Gasteiger partial charge in [-0.1, -0.05) is 6.92 Å². The summed E-state index contributed by atoms with van der Waals surface area (Å²) >= 11 is 0. The molecule has 1 atom stereocenters. The zero-order valence-corrected chi connectivity index (χ0v) is 14.9. The van der Waals surface area contributed by atoms with Gasteiger partial charge in [0, 0.05) is 19.1 Å². The molecule has 0 aliphatic carbocycles. The topological polar surface area (TPSA) is 88.0 Å². The predicted molar refractivity (Wildman–Crippen MR) is 96.8 cm³/mol. The van der Waals surface area contributed by atoms with Gasteiger partial charge in [-0.25, -0.2) is 9.18 Å². The Labute approximate surface area is 150 Å². The van der Waals surface area contributed by atoms with Gasteiger partial charge >= 0.3 is 5.97 Å². The molecule has 3 N–H and O–H groups in total.